The number of nitrogens with one attached hydrogen (secondary N) is 2. The van der Waals surface area contributed by atoms with Gasteiger partial charge in [-0.05, 0) is 26.7 Å². The van der Waals surface area contributed by atoms with Crippen LogP contribution >= 0.6 is 0 Å². The van der Waals surface area contributed by atoms with Gasteiger partial charge in [0.25, 0.3) is 0 Å². The summed E-state index contributed by atoms with van der Waals surface area (Å²) in [5.41, 5.74) is 3.81. The summed E-state index contributed by atoms with van der Waals surface area (Å²) in [4.78, 5) is 15.9. The molecule has 4 nitrogen and oxygen atoms in total. The standard InChI is InChI=1S/C11H18N2O2/c1-9(2)13-15-11(14)12-8-10-6-4-3-5-7-10/h3-4,6,9,13H,5,7-8H2,1-2H3,(H,12,14). The highest BCUT2D eigenvalue weighted by Crippen LogP contribution is 2.09. The number of amides is 1. The Morgan fingerprint density at radius 1 is 1.60 bits per heavy atom. The van der Waals surface area contributed by atoms with Crippen molar-refractivity contribution >= 4 is 6.09 Å². The molecule has 0 fully saturated rings. The van der Waals surface area contributed by atoms with Gasteiger partial charge in [0, 0.05) is 12.6 Å². The Bertz CT molecular complexity index is 270. The van der Waals surface area contributed by atoms with Gasteiger partial charge in [-0.1, -0.05) is 23.8 Å². The van der Waals surface area contributed by atoms with Crippen molar-refractivity contribution in [1.29, 1.82) is 0 Å². The number of hydrogen-bond donors (Lipinski definition) is 2. The molecular weight excluding hydrogens is 192 g/mol. The van der Waals surface area contributed by atoms with Gasteiger partial charge in [-0.15, -0.1) is 5.48 Å². The third-order valence-corrected chi connectivity index (χ3v) is 1.95. The van der Waals surface area contributed by atoms with Crippen LogP contribution in [0.3, 0.4) is 0 Å². The molecule has 2 N–H and O–H groups in total. The van der Waals surface area contributed by atoms with Gasteiger partial charge in [0.1, 0.15) is 0 Å². The molecule has 0 unspecified atom stereocenters. The average Bonchev–Trinajstić information content (AvgIpc) is 2.25. The van der Waals surface area contributed by atoms with Crippen LogP contribution in [0.25, 0.3) is 0 Å². The van der Waals surface area contributed by atoms with E-state index in [2.05, 4.69) is 16.9 Å². The molecular formula is C11H18N2O2. The van der Waals surface area contributed by atoms with Crippen LogP contribution in [0.4, 0.5) is 4.79 Å². The molecule has 0 heterocycles. The zero-order valence-corrected chi connectivity index (χ0v) is 9.25. The second kappa shape index (κ2) is 6.24. The maximum Gasteiger partial charge on any atom is 0.426 e. The van der Waals surface area contributed by atoms with E-state index in [4.69, 9.17) is 4.84 Å². The molecule has 0 atom stereocenters. The predicted molar refractivity (Wildman–Crippen MR) is 59.2 cm³/mol. The summed E-state index contributed by atoms with van der Waals surface area (Å²) in [6.07, 6.45) is 7.78. The van der Waals surface area contributed by atoms with Gasteiger partial charge in [-0.25, -0.2) is 4.79 Å². The minimum atomic E-state index is -0.431. The van der Waals surface area contributed by atoms with Crippen molar-refractivity contribution in [3.8, 4) is 0 Å². The number of carbonyl (C=O) groups is 1. The first-order valence-corrected chi connectivity index (χ1v) is 5.23. The summed E-state index contributed by atoms with van der Waals surface area (Å²) in [5, 5.41) is 2.68. The largest absolute Gasteiger partial charge is 0.426 e. The predicted octanol–water partition coefficient (Wildman–Crippen LogP) is 1.90. The smallest absolute Gasteiger partial charge is 0.354 e. The van der Waals surface area contributed by atoms with Crippen molar-refractivity contribution in [2.45, 2.75) is 32.7 Å². The summed E-state index contributed by atoms with van der Waals surface area (Å²) < 4.78 is 0. The molecule has 0 aromatic rings. The van der Waals surface area contributed by atoms with Gasteiger partial charge in [0.15, 0.2) is 0 Å². The Labute approximate surface area is 90.3 Å². The second-order valence-corrected chi connectivity index (χ2v) is 3.81. The van der Waals surface area contributed by atoms with Crippen molar-refractivity contribution in [3.05, 3.63) is 23.8 Å². The summed E-state index contributed by atoms with van der Waals surface area (Å²) in [6.45, 7) is 4.37. The minimum absolute atomic E-state index is 0.132. The van der Waals surface area contributed by atoms with E-state index in [1.54, 1.807) is 0 Å². The molecule has 0 aromatic heterocycles. The van der Waals surface area contributed by atoms with Gasteiger partial charge < -0.3 is 10.2 Å². The van der Waals surface area contributed by atoms with E-state index in [0.29, 0.717) is 6.54 Å². The second-order valence-electron chi connectivity index (χ2n) is 3.81. The third-order valence-electron chi connectivity index (χ3n) is 1.95. The van der Waals surface area contributed by atoms with E-state index < -0.39 is 6.09 Å². The van der Waals surface area contributed by atoms with Crippen molar-refractivity contribution in [3.63, 3.8) is 0 Å². The Hall–Kier alpha value is -1.29. The number of rotatable bonds is 4. The zero-order chi connectivity index (χ0) is 11.1. The number of allylic oxidation sites excluding steroid dienone is 3. The van der Waals surface area contributed by atoms with Crippen LogP contribution < -0.4 is 10.8 Å². The van der Waals surface area contributed by atoms with Gasteiger partial charge in [-0.2, -0.15) is 0 Å². The highest BCUT2D eigenvalue weighted by Gasteiger charge is 2.05. The van der Waals surface area contributed by atoms with Crippen molar-refractivity contribution in [2.75, 3.05) is 6.54 Å². The molecule has 0 radical (unpaired) electrons. The molecule has 0 bridgehead atoms. The number of carbonyl (C=O) groups excluding carboxylic acids is 1. The summed E-state index contributed by atoms with van der Waals surface area (Å²) >= 11 is 0. The molecule has 0 saturated carbocycles. The van der Waals surface area contributed by atoms with Crippen molar-refractivity contribution < 1.29 is 9.63 Å². The molecule has 1 amide bonds. The van der Waals surface area contributed by atoms with Crippen LogP contribution in [0.1, 0.15) is 26.7 Å². The molecule has 84 valence electrons. The fourth-order valence-corrected chi connectivity index (χ4v) is 1.19. The molecule has 0 aliphatic heterocycles. The first-order valence-electron chi connectivity index (χ1n) is 5.23. The summed E-state index contributed by atoms with van der Waals surface area (Å²) in [5.74, 6) is 0. The van der Waals surface area contributed by atoms with Gasteiger partial charge in [-0.3, -0.25) is 0 Å². The van der Waals surface area contributed by atoms with Crippen LogP contribution in [0, 0.1) is 0 Å². The number of hydroxylamine groups is 1. The Balaban J connectivity index is 2.16. The van der Waals surface area contributed by atoms with Crippen molar-refractivity contribution in [1.82, 2.24) is 10.8 Å². The fraction of sp³-hybridized carbons (Fsp3) is 0.545. The Morgan fingerprint density at radius 2 is 2.40 bits per heavy atom. The highest BCUT2D eigenvalue weighted by molar-refractivity contribution is 5.67. The molecule has 1 rings (SSSR count). The van der Waals surface area contributed by atoms with Gasteiger partial charge >= 0.3 is 6.09 Å². The lowest BCUT2D eigenvalue weighted by Crippen LogP contribution is -2.34. The molecule has 0 spiro atoms. The topological polar surface area (TPSA) is 50.4 Å². The first-order chi connectivity index (χ1) is 7.18. The Morgan fingerprint density at radius 3 is 3.00 bits per heavy atom. The van der Waals surface area contributed by atoms with E-state index in [-0.39, 0.29) is 6.04 Å². The third kappa shape index (κ3) is 5.22. The maximum absolute atomic E-state index is 11.1. The fourth-order valence-electron chi connectivity index (χ4n) is 1.19. The van der Waals surface area contributed by atoms with Crippen LogP contribution in [0.2, 0.25) is 0 Å². The summed E-state index contributed by atoms with van der Waals surface area (Å²) in [7, 11) is 0. The quantitative estimate of drug-likeness (QED) is 0.697. The number of hydrogen-bond acceptors (Lipinski definition) is 3. The van der Waals surface area contributed by atoms with E-state index in [1.807, 2.05) is 26.0 Å². The van der Waals surface area contributed by atoms with Gasteiger partial charge in [0.05, 0.1) is 0 Å². The molecule has 1 aliphatic rings. The minimum Gasteiger partial charge on any atom is -0.354 e. The van der Waals surface area contributed by atoms with Crippen LogP contribution in [0.5, 0.6) is 0 Å². The first kappa shape index (κ1) is 11.8. The molecule has 4 heteroatoms. The lowest BCUT2D eigenvalue weighted by Gasteiger charge is -2.11. The normalized spacial score (nSPS) is 15.0. The van der Waals surface area contributed by atoms with Crippen LogP contribution in [-0.4, -0.2) is 18.7 Å². The Kier molecular flexibility index (Phi) is 4.90. The lowest BCUT2D eigenvalue weighted by molar-refractivity contribution is 0.0761. The summed E-state index contributed by atoms with van der Waals surface area (Å²) in [6, 6.07) is 0.132. The zero-order valence-electron chi connectivity index (χ0n) is 9.25. The van der Waals surface area contributed by atoms with Crippen molar-refractivity contribution in [2.24, 2.45) is 0 Å². The highest BCUT2D eigenvalue weighted by atomic mass is 16.7. The van der Waals surface area contributed by atoms with Crippen LogP contribution in [0.15, 0.2) is 23.8 Å². The van der Waals surface area contributed by atoms with Crippen LogP contribution in [-0.2, 0) is 4.84 Å². The SMILES string of the molecule is CC(C)NOC(=O)NCC1=CC=CCC1. The molecule has 0 saturated heterocycles. The van der Waals surface area contributed by atoms with E-state index >= 15 is 0 Å². The lowest BCUT2D eigenvalue weighted by atomic mass is 10.1. The van der Waals surface area contributed by atoms with Gasteiger partial charge in [0.2, 0.25) is 0 Å². The molecule has 15 heavy (non-hydrogen) atoms. The average molecular weight is 210 g/mol. The van der Waals surface area contributed by atoms with E-state index in [1.165, 1.54) is 5.57 Å². The van der Waals surface area contributed by atoms with E-state index in [0.717, 1.165) is 12.8 Å². The molecule has 1 aliphatic carbocycles. The van der Waals surface area contributed by atoms with E-state index in [9.17, 15) is 4.79 Å². The molecule has 0 aromatic carbocycles. The monoisotopic (exact) mass is 210 g/mol. The maximum atomic E-state index is 11.1.